The molecule has 0 bridgehead atoms. The lowest BCUT2D eigenvalue weighted by molar-refractivity contribution is -0.136. The number of aromatic nitrogens is 3. The molecule has 4 N–H and O–H groups in total. The summed E-state index contributed by atoms with van der Waals surface area (Å²) >= 11 is 5.89. The normalized spacial score (nSPS) is 9.94. The third-order valence-corrected chi connectivity index (χ3v) is 5.38. The van der Waals surface area contributed by atoms with Crippen molar-refractivity contribution in [3.8, 4) is 5.75 Å². The SMILES string of the molecule is COc1ccc2c(c1)c(CC(=O)O)c(C)n2C(=O)c1ccc(Cl)cc1.Cl.Cl.NCCc1cnc[nH]1. The Hall–Kier alpha value is -3.04. The molecule has 0 unspecified atom stereocenters. The van der Waals surface area contributed by atoms with Gasteiger partial charge in [0.05, 0.1) is 25.4 Å². The second-order valence-electron chi connectivity index (χ2n) is 7.28. The van der Waals surface area contributed by atoms with Crippen LogP contribution in [0.5, 0.6) is 5.75 Å². The van der Waals surface area contributed by atoms with Crippen LogP contribution in [0, 0.1) is 6.92 Å². The molecule has 0 fully saturated rings. The highest BCUT2D eigenvalue weighted by atomic mass is 35.5. The summed E-state index contributed by atoms with van der Waals surface area (Å²) < 4.78 is 6.77. The van der Waals surface area contributed by atoms with Crippen molar-refractivity contribution in [3.63, 3.8) is 0 Å². The minimum atomic E-state index is -0.955. The number of nitrogens with one attached hydrogen (secondary N) is 1. The fourth-order valence-electron chi connectivity index (χ4n) is 3.52. The number of nitrogens with two attached hydrogens (primary N) is 1. The monoisotopic (exact) mass is 540 g/mol. The number of benzene rings is 2. The molecule has 11 heteroatoms. The van der Waals surface area contributed by atoms with Gasteiger partial charge in [0.1, 0.15) is 5.75 Å². The molecule has 0 amide bonds. The third kappa shape index (κ3) is 7.22. The molecule has 2 heterocycles. The molecule has 35 heavy (non-hydrogen) atoms. The van der Waals surface area contributed by atoms with Crippen molar-refractivity contribution in [2.45, 2.75) is 19.8 Å². The van der Waals surface area contributed by atoms with Crippen molar-refractivity contribution in [1.29, 1.82) is 0 Å². The van der Waals surface area contributed by atoms with Gasteiger partial charge in [0.15, 0.2) is 0 Å². The van der Waals surface area contributed by atoms with Crippen LogP contribution in [-0.4, -0.2) is 45.2 Å². The smallest absolute Gasteiger partial charge is 0.307 e. The van der Waals surface area contributed by atoms with Crippen molar-refractivity contribution in [3.05, 3.63) is 82.5 Å². The molecule has 0 radical (unpaired) electrons. The predicted octanol–water partition coefficient (Wildman–Crippen LogP) is 4.68. The van der Waals surface area contributed by atoms with Crippen LogP contribution in [0.4, 0.5) is 0 Å². The Bertz CT molecular complexity index is 1260. The maximum Gasteiger partial charge on any atom is 0.307 e. The summed E-state index contributed by atoms with van der Waals surface area (Å²) in [6.45, 7) is 2.43. The number of halogens is 3. The van der Waals surface area contributed by atoms with Gasteiger partial charge in [-0.2, -0.15) is 0 Å². The van der Waals surface area contributed by atoms with Crippen LogP contribution in [0.2, 0.25) is 5.02 Å². The van der Waals surface area contributed by atoms with Crippen LogP contribution in [-0.2, 0) is 17.6 Å². The van der Waals surface area contributed by atoms with E-state index in [2.05, 4.69) is 9.97 Å². The number of carboxylic acids is 1. The van der Waals surface area contributed by atoms with Gasteiger partial charge >= 0.3 is 5.97 Å². The van der Waals surface area contributed by atoms with Gasteiger partial charge in [0, 0.05) is 40.0 Å². The van der Waals surface area contributed by atoms with Crippen LogP contribution in [0.25, 0.3) is 10.9 Å². The zero-order valence-corrected chi connectivity index (χ0v) is 21.5. The number of carboxylic acid groups (broad SMARTS) is 1. The van der Waals surface area contributed by atoms with E-state index < -0.39 is 5.97 Å². The zero-order chi connectivity index (χ0) is 24.0. The molecular weight excluding hydrogens is 515 g/mol. The first kappa shape index (κ1) is 30.0. The second-order valence-corrected chi connectivity index (χ2v) is 7.72. The van der Waals surface area contributed by atoms with Gasteiger partial charge in [-0.1, -0.05) is 11.6 Å². The highest BCUT2D eigenvalue weighted by molar-refractivity contribution is 6.30. The van der Waals surface area contributed by atoms with Gasteiger partial charge in [0.2, 0.25) is 0 Å². The summed E-state index contributed by atoms with van der Waals surface area (Å²) in [6.07, 6.45) is 4.16. The molecule has 0 aliphatic heterocycles. The first-order valence-corrected chi connectivity index (χ1v) is 10.6. The molecule has 8 nitrogen and oxygen atoms in total. The van der Waals surface area contributed by atoms with E-state index in [-0.39, 0.29) is 37.1 Å². The van der Waals surface area contributed by atoms with Crippen LogP contribution in [0.3, 0.4) is 0 Å². The average Bonchev–Trinajstić information content (AvgIpc) is 3.40. The molecule has 0 saturated carbocycles. The fourth-order valence-corrected chi connectivity index (χ4v) is 3.65. The largest absolute Gasteiger partial charge is 0.497 e. The van der Waals surface area contributed by atoms with Crippen LogP contribution in [0.1, 0.15) is 27.3 Å². The number of carbonyl (C=O) groups excluding carboxylic acids is 1. The van der Waals surface area contributed by atoms with Gasteiger partial charge in [-0.05, 0) is 61.5 Å². The molecule has 2 aromatic carbocycles. The van der Waals surface area contributed by atoms with Gasteiger partial charge in [0.25, 0.3) is 5.91 Å². The molecule has 0 spiro atoms. The van der Waals surface area contributed by atoms with Crippen molar-refractivity contribution in [2.75, 3.05) is 13.7 Å². The fraction of sp³-hybridized carbons (Fsp3) is 0.208. The van der Waals surface area contributed by atoms with Gasteiger partial charge < -0.3 is 20.6 Å². The van der Waals surface area contributed by atoms with E-state index in [9.17, 15) is 14.7 Å². The van der Waals surface area contributed by atoms with Crippen molar-refractivity contribution in [1.82, 2.24) is 14.5 Å². The quantitative estimate of drug-likeness (QED) is 0.326. The summed E-state index contributed by atoms with van der Waals surface area (Å²) in [7, 11) is 1.54. The van der Waals surface area contributed by atoms with E-state index in [1.54, 1.807) is 69.0 Å². The van der Waals surface area contributed by atoms with Gasteiger partial charge in [-0.25, -0.2) is 4.98 Å². The van der Waals surface area contributed by atoms with Crippen molar-refractivity contribution in [2.24, 2.45) is 5.73 Å². The van der Waals surface area contributed by atoms with E-state index in [0.29, 0.717) is 45.0 Å². The molecule has 0 saturated heterocycles. The lowest BCUT2D eigenvalue weighted by Crippen LogP contribution is -2.14. The maximum absolute atomic E-state index is 13.0. The highest BCUT2D eigenvalue weighted by Gasteiger charge is 2.21. The van der Waals surface area contributed by atoms with E-state index in [1.807, 2.05) is 0 Å². The zero-order valence-electron chi connectivity index (χ0n) is 19.2. The third-order valence-electron chi connectivity index (χ3n) is 5.13. The first-order chi connectivity index (χ1) is 15.8. The maximum atomic E-state index is 13.0. The van der Waals surface area contributed by atoms with Crippen LogP contribution in [0.15, 0.2) is 55.0 Å². The summed E-state index contributed by atoms with van der Waals surface area (Å²) in [4.78, 5) is 31.0. The van der Waals surface area contributed by atoms with Gasteiger partial charge in [-0.15, -0.1) is 24.8 Å². The molecule has 188 valence electrons. The van der Waals surface area contributed by atoms with E-state index in [1.165, 1.54) is 4.57 Å². The van der Waals surface area contributed by atoms with Crippen LogP contribution >= 0.6 is 36.4 Å². The van der Waals surface area contributed by atoms with E-state index in [0.717, 1.165) is 12.1 Å². The number of hydrogen-bond acceptors (Lipinski definition) is 5. The number of carbonyl (C=O) groups is 2. The molecule has 4 rings (SSSR count). The Morgan fingerprint density at radius 3 is 2.40 bits per heavy atom. The Morgan fingerprint density at radius 1 is 1.17 bits per heavy atom. The minimum Gasteiger partial charge on any atom is -0.497 e. The summed E-state index contributed by atoms with van der Waals surface area (Å²) in [5.41, 5.74) is 8.70. The number of nitrogens with zero attached hydrogens (tertiary/aromatic N) is 2. The standard InChI is InChI=1S/C19H16ClNO4.C5H9N3.2ClH/c1-11-15(10-18(22)23)16-9-14(25-2)7-8-17(16)21(11)19(24)12-3-5-13(20)6-4-12;6-2-1-5-3-7-4-8-5;;/h3-9H,10H2,1-2H3,(H,22,23);3-4H,1-2,6H2,(H,7,8);2*1H. The minimum absolute atomic E-state index is 0. The second kappa shape index (κ2) is 13.7. The Labute approximate surface area is 220 Å². The van der Waals surface area contributed by atoms with E-state index >= 15 is 0 Å². The van der Waals surface area contributed by atoms with Crippen molar-refractivity contribution < 1.29 is 19.4 Å². The molecular formula is C24H27Cl3N4O4. The Kier molecular flexibility index (Phi) is 11.8. The van der Waals surface area contributed by atoms with E-state index in [4.69, 9.17) is 22.1 Å². The molecule has 0 atom stereocenters. The Morgan fingerprint density at radius 2 is 1.86 bits per heavy atom. The lowest BCUT2D eigenvalue weighted by Gasteiger charge is -2.08. The molecule has 2 aromatic heterocycles. The Balaban J connectivity index is 0.000000524. The lowest BCUT2D eigenvalue weighted by atomic mass is 10.1. The number of hydrogen-bond donors (Lipinski definition) is 3. The van der Waals surface area contributed by atoms with Crippen LogP contribution < -0.4 is 10.5 Å². The average molecular weight is 542 g/mol. The molecule has 0 aliphatic carbocycles. The number of aliphatic carboxylic acids is 1. The highest BCUT2D eigenvalue weighted by Crippen LogP contribution is 2.30. The molecule has 0 aliphatic rings. The number of methoxy groups -OCH3 is 1. The number of ether oxygens (including phenoxy) is 1. The number of fused-ring (bicyclic) bond motifs is 1. The number of aromatic amines is 1. The topological polar surface area (TPSA) is 123 Å². The van der Waals surface area contributed by atoms with Gasteiger partial charge in [-0.3, -0.25) is 14.2 Å². The number of imidazole rings is 1. The number of rotatable bonds is 6. The van der Waals surface area contributed by atoms with Crippen molar-refractivity contribution >= 4 is 59.2 Å². The molecule has 4 aromatic rings. The summed E-state index contributed by atoms with van der Waals surface area (Å²) in [6, 6.07) is 11.9. The first-order valence-electron chi connectivity index (χ1n) is 10.2. The summed E-state index contributed by atoms with van der Waals surface area (Å²) in [5.74, 6) is -0.583. The predicted molar refractivity (Wildman–Crippen MR) is 142 cm³/mol. The summed E-state index contributed by atoms with van der Waals surface area (Å²) in [5, 5.41) is 10.5. The number of H-pyrrole nitrogens is 1.